The molecule has 1 saturated carbocycles. The van der Waals surface area contributed by atoms with Crippen LogP contribution in [0.4, 0.5) is 11.4 Å². The molecule has 3 N–H and O–H groups in total. The molecule has 1 heterocycles. The molecule has 5 heteroatoms. The molecule has 1 aromatic carbocycles. The maximum atomic E-state index is 12.2. The van der Waals surface area contributed by atoms with Gasteiger partial charge in [0, 0.05) is 18.2 Å². The van der Waals surface area contributed by atoms with Gasteiger partial charge in [-0.15, -0.1) is 0 Å². The maximum Gasteiger partial charge on any atom is 0.251 e. The van der Waals surface area contributed by atoms with Gasteiger partial charge < -0.3 is 16.0 Å². The summed E-state index contributed by atoms with van der Waals surface area (Å²) in [5, 5.41) is 9.17. The summed E-state index contributed by atoms with van der Waals surface area (Å²) < 4.78 is 0. The lowest BCUT2D eigenvalue weighted by molar-refractivity contribution is -0.119. The molecule has 22 heavy (non-hydrogen) atoms. The van der Waals surface area contributed by atoms with E-state index in [9.17, 15) is 9.59 Å². The van der Waals surface area contributed by atoms with E-state index in [-0.39, 0.29) is 23.8 Å². The Morgan fingerprint density at radius 1 is 1.27 bits per heavy atom. The van der Waals surface area contributed by atoms with Gasteiger partial charge in [0.25, 0.3) is 5.91 Å². The van der Waals surface area contributed by atoms with Crippen LogP contribution in [-0.4, -0.2) is 24.4 Å². The Morgan fingerprint density at radius 2 is 2.05 bits per heavy atom. The van der Waals surface area contributed by atoms with Crippen molar-refractivity contribution in [3.63, 3.8) is 0 Å². The van der Waals surface area contributed by atoms with E-state index >= 15 is 0 Å². The highest BCUT2D eigenvalue weighted by molar-refractivity contribution is 6.01. The number of fused-ring (bicyclic) bond motifs is 1. The number of hydrogen-bond donors (Lipinski definition) is 3. The lowest BCUT2D eigenvalue weighted by Gasteiger charge is -2.16. The summed E-state index contributed by atoms with van der Waals surface area (Å²) in [6.45, 7) is 4.60. The van der Waals surface area contributed by atoms with Crippen molar-refractivity contribution in [3.8, 4) is 0 Å². The molecule has 1 aromatic rings. The molecule has 3 rings (SSSR count). The van der Waals surface area contributed by atoms with Gasteiger partial charge in [-0.1, -0.05) is 19.8 Å². The molecular formula is C17H23N3O2. The minimum Gasteiger partial charge on any atom is -0.380 e. The molecule has 2 amide bonds. The van der Waals surface area contributed by atoms with E-state index in [0.717, 1.165) is 24.6 Å². The first-order valence-electron chi connectivity index (χ1n) is 8.04. The summed E-state index contributed by atoms with van der Waals surface area (Å²) in [6, 6.07) is 5.46. The standard InChI is InChI=1S/C17H23N3O2/c1-10-11(2)19-14-6-5-13(9-15(14)20-16(10)21)17(22)18-8-7-12-3-4-12/h5-6,9-12,19H,3-4,7-8H2,1-2H3,(H,18,22)(H,20,21)/t10-,11+/m0/s1. The lowest BCUT2D eigenvalue weighted by Crippen LogP contribution is -2.30. The summed E-state index contributed by atoms with van der Waals surface area (Å²) in [7, 11) is 0. The number of carbonyl (C=O) groups excluding carboxylic acids is 2. The van der Waals surface area contributed by atoms with Crippen LogP contribution in [0.1, 0.15) is 43.5 Å². The zero-order chi connectivity index (χ0) is 15.7. The fourth-order valence-corrected chi connectivity index (χ4v) is 2.66. The van der Waals surface area contributed by atoms with Gasteiger partial charge in [-0.25, -0.2) is 0 Å². The van der Waals surface area contributed by atoms with E-state index in [0.29, 0.717) is 11.3 Å². The van der Waals surface area contributed by atoms with Crippen LogP contribution in [0.25, 0.3) is 0 Å². The molecule has 1 aliphatic carbocycles. The van der Waals surface area contributed by atoms with Crippen LogP contribution in [0.3, 0.4) is 0 Å². The topological polar surface area (TPSA) is 70.2 Å². The van der Waals surface area contributed by atoms with Crippen molar-refractivity contribution in [2.24, 2.45) is 11.8 Å². The third kappa shape index (κ3) is 3.24. The molecule has 1 aliphatic heterocycles. The molecule has 2 atom stereocenters. The SMILES string of the molecule is C[C@@H]1C(=O)Nc2cc(C(=O)NCCC3CC3)ccc2N[C@@H]1C. The Labute approximate surface area is 130 Å². The van der Waals surface area contributed by atoms with Gasteiger partial charge in [0.1, 0.15) is 0 Å². The second-order valence-electron chi connectivity index (χ2n) is 6.46. The predicted molar refractivity (Wildman–Crippen MR) is 87.0 cm³/mol. The van der Waals surface area contributed by atoms with Crippen LogP contribution >= 0.6 is 0 Å². The third-order valence-electron chi connectivity index (χ3n) is 4.62. The second kappa shape index (κ2) is 5.99. The number of benzene rings is 1. The van der Waals surface area contributed by atoms with Gasteiger partial charge >= 0.3 is 0 Å². The molecular weight excluding hydrogens is 278 g/mol. The van der Waals surface area contributed by atoms with E-state index in [2.05, 4.69) is 16.0 Å². The predicted octanol–water partition coefficient (Wildman–Crippen LogP) is 2.61. The summed E-state index contributed by atoms with van der Waals surface area (Å²) >= 11 is 0. The van der Waals surface area contributed by atoms with E-state index in [1.807, 2.05) is 19.9 Å². The highest BCUT2D eigenvalue weighted by Crippen LogP contribution is 2.32. The maximum absolute atomic E-state index is 12.2. The largest absolute Gasteiger partial charge is 0.380 e. The van der Waals surface area contributed by atoms with Crippen molar-refractivity contribution >= 4 is 23.2 Å². The molecule has 0 saturated heterocycles. The molecule has 0 bridgehead atoms. The van der Waals surface area contributed by atoms with Crippen molar-refractivity contribution < 1.29 is 9.59 Å². The average Bonchev–Trinajstić information content (AvgIpc) is 3.31. The average molecular weight is 301 g/mol. The highest BCUT2D eigenvalue weighted by Gasteiger charge is 2.26. The summed E-state index contributed by atoms with van der Waals surface area (Å²) in [5.41, 5.74) is 2.12. The van der Waals surface area contributed by atoms with Gasteiger partial charge in [-0.05, 0) is 37.5 Å². The molecule has 0 spiro atoms. The van der Waals surface area contributed by atoms with E-state index in [1.165, 1.54) is 12.8 Å². The Bertz CT molecular complexity index is 596. The molecule has 0 unspecified atom stereocenters. The molecule has 0 radical (unpaired) electrons. The Kier molecular flexibility index (Phi) is 4.05. The minimum atomic E-state index is -0.122. The number of rotatable bonds is 4. The summed E-state index contributed by atoms with van der Waals surface area (Å²) in [6.07, 6.45) is 3.65. The van der Waals surface area contributed by atoms with Crippen LogP contribution < -0.4 is 16.0 Å². The Balaban J connectivity index is 1.71. The normalized spacial score (nSPS) is 23.8. The number of anilines is 2. The van der Waals surface area contributed by atoms with Crippen molar-refractivity contribution in [2.45, 2.75) is 39.2 Å². The van der Waals surface area contributed by atoms with Crippen molar-refractivity contribution in [1.29, 1.82) is 0 Å². The monoisotopic (exact) mass is 301 g/mol. The first-order chi connectivity index (χ1) is 10.5. The van der Waals surface area contributed by atoms with Crippen LogP contribution in [0.5, 0.6) is 0 Å². The Morgan fingerprint density at radius 3 is 2.77 bits per heavy atom. The van der Waals surface area contributed by atoms with Gasteiger partial charge in [0.2, 0.25) is 5.91 Å². The molecule has 5 nitrogen and oxygen atoms in total. The summed E-state index contributed by atoms with van der Waals surface area (Å²) in [5.74, 6) is 0.579. The van der Waals surface area contributed by atoms with E-state index in [4.69, 9.17) is 0 Å². The highest BCUT2D eigenvalue weighted by atomic mass is 16.2. The molecule has 1 fully saturated rings. The molecule has 118 valence electrons. The zero-order valence-corrected chi connectivity index (χ0v) is 13.1. The number of nitrogens with one attached hydrogen (secondary N) is 3. The first-order valence-corrected chi connectivity index (χ1v) is 8.04. The van der Waals surface area contributed by atoms with Crippen LogP contribution in [0.15, 0.2) is 18.2 Å². The fourth-order valence-electron chi connectivity index (χ4n) is 2.66. The van der Waals surface area contributed by atoms with E-state index < -0.39 is 0 Å². The van der Waals surface area contributed by atoms with Crippen LogP contribution in [0, 0.1) is 11.8 Å². The van der Waals surface area contributed by atoms with Crippen molar-refractivity contribution in [2.75, 3.05) is 17.2 Å². The third-order valence-corrected chi connectivity index (χ3v) is 4.62. The first kappa shape index (κ1) is 14.9. The van der Waals surface area contributed by atoms with Gasteiger partial charge in [0.05, 0.1) is 17.3 Å². The number of amides is 2. The second-order valence-corrected chi connectivity index (χ2v) is 6.46. The quantitative estimate of drug-likeness (QED) is 0.800. The molecule has 0 aromatic heterocycles. The minimum absolute atomic E-state index is 0.0231. The van der Waals surface area contributed by atoms with Crippen LogP contribution in [0.2, 0.25) is 0 Å². The van der Waals surface area contributed by atoms with Crippen molar-refractivity contribution in [1.82, 2.24) is 5.32 Å². The number of hydrogen-bond acceptors (Lipinski definition) is 3. The van der Waals surface area contributed by atoms with Crippen molar-refractivity contribution in [3.05, 3.63) is 23.8 Å². The van der Waals surface area contributed by atoms with Gasteiger partial charge in [-0.2, -0.15) is 0 Å². The van der Waals surface area contributed by atoms with Gasteiger partial charge in [0.15, 0.2) is 0 Å². The zero-order valence-electron chi connectivity index (χ0n) is 13.1. The van der Waals surface area contributed by atoms with Crippen LogP contribution in [-0.2, 0) is 4.79 Å². The fraction of sp³-hybridized carbons (Fsp3) is 0.529. The Hall–Kier alpha value is -2.04. The molecule has 2 aliphatic rings. The van der Waals surface area contributed by atoms with E-state index in [1.54, 1.807) is 12.1 Å². The van der Waals surface area contributed by atoms with Gasteiger partial charge in [-0.3, -0.25) is 9.59 Å². The smallest absolute Gasteiger partial charge is 0.251 e. The number of carbonyl (C=O) groups is 2. The summed E-state index contributed by atoms with van der Waals surface area (Å²) in [4.78, 5) is 24.3. The lowest BCUT2D eigenvalue weighted by atomic mass is 10.0.